The molecule has 0 radical (unpaired) electrons. The molecule has 2 nitrogen and oxygen atoms in total. The maximum absolute atomic E-state index is 5.61. The summed E-state index contributed by atoms with van der Waals surface area (Å²) in [6, 6.07) is 14.5. The molecule has 0 spiro atoms. The Morgan fingerprint density at radius 2 is 1.90 bits per heavy atom. The molecule has 0 amide bonds. The fourth-order valence-electron chi connectivity index (χ4n) is 6.23. The van der Waals surface area contributed by atoms with E-state index < -0.39 is 0 Å². The zero-order valence-electron chi connectivity index (χ0n) is 18.8. The minimum absolute atomic E-state index is 0.584. The van der Waals surface area contributed by atoms with Crippen LogP contribution in [0.1, 0.15) is 78.8 Å². The van der Waals surface area contributed by atoms with Crippen LogP contribution in [0.2, 0.25) is 0 Å². The minimum Gasteiger partial charge on any atom is -0.496 e. The Morgan fingerprint density at radius 3 is 2.73 bits per heavy atom. The average molecular weight is 402 g/mol. The molecule has 0 bridgehead atoms. The molecule has 3 aliphatic rings. The highest BCUT2D eigenvalue weighted by Crippen LogP contribution is 2.45. The fourth-order valence-corrected chi connectivity index (χ4v) is 6.23. The zero-order chi connectivity index (χ0) is 20.7. The maximum Gasteiger partial charge on any atom is 0.122 e. The molecule has 2 aromatic carbocycles. The van der Waals surface area contributed by atoms with Crippen molar-refractivity contribution in [1.29, 1.82) is 0 Å². The summed E-state index contributed by atoms with van der Waals surface area (Å²) in [4.78, 5) is 2.74. The molecule has 30 heavy (non-hydrogen) atoms. The van der Waals surface area contributed by atoms with Crippen molar-refractivity contribution in [3.8, 4) is 5.75 Å². The van der Waals surface area contributed by atoms with Gasteiger partial charge in [0.2, 0.25) is 0 Å². The van der Waals surface area contributed by atoms with Crippen LogP contribution in [0.25, 0.3) is 0 Å². The van der Waals surface area contributed by atoms with Crippen molar-refractivity contribution in [3.63, 3.8) is 0 Å². The van der Waals surface area contributed by atoms with E-state index in [0.717, 1.165) is 5.75 Å². The van der Waals surface area contributed by atoms with E-state index in [1.807, 2.05) is 0 Å². The van der Waals surface area contributed by atoms with E-state index in [0.29, 0.717) is 12.0 Å². The lowest BCUT2D eigenvalue weighted by Crippen LogP contribution is -2.40. The minimum atomic E-state index is 0.584. The van der Waals surface area contributed by atoms with Crippen LogP contribution < -0.4 is 4.74 Å². The average Bonchev–Trinajstić information content (AvgIpc) is 2.78. The number of fused-ring (bicyclic) bond motifs is 4. The number of rotatable bonds is 4. The van der Waals surface area contributed by atoms with E-state index in [-0.39, 0.29) is 0 Å². The molecule has 0 fully saturated rings. The summed E-state index contributed by atoms with van der Waals surface area (Å²) in [5.41, 5.74) is 11.0. The number of aryl methyl sites for hydroxylation is 2. The third-order valence-corrected chi connectivity index (χ3v) is 7.87. The van der Waals surface area contributed by atoms with Crippen molar-refractivity contribution in [1.82, 2.24) is 4.90 Å². The number of hydrogen-bond acceptors (Lipinski definition) is 2. The van der Waals surface area contributed by atoms with E-state index >= 15 is 0 Å². The molecule has 0 aromatic heterocycles. The van der Waals surface area contributed by atoms with Gasteiger partial charge in [-0.25, -0.2) is 0 Å². The van der Waals surface area contributed by atoms with E-state index in [4.69, 9.17) is 4.74 Å². The lowest BCUT2D eigenvalue weighted by molar-refractivity contribution is 0.182. The van der Waals surface area contributed by atoms with Gasteiger partial charge in [0.15, 0.2) is 0 Å². The van der Waals surface area contributed by atoms with Crippen molar-refractivity contribution >= 4 is 0 Å². The van der Waals surface area contributed by atoms with Gasteiger partial charge < -0.3 is 4.74 Å². The number of nitrogens with zero attached hydrogens (tertiary/aromatic N) is 1. The van der Waals surface area contributed by atoms with Crippen molar-refractivity contribution in [3.05, 3.63) is 75.4 Å². The lowest BCUT2D eigenvalue weighted by atomic mass is 9.75. The number of hydrogen-bond donors (Lipinski definition) is 0. The Hall–Kier alpha value is -2.06. The summed E-state index contributed by atoms with van der Waals surface area (Å²) < 4.78 is 5.61. The third kappa shape index (κ3) is 3.50. The molecule has 1 aliphatic carbocycles. The Kier molecular flexibility index (Phi) is 5.45. The summed E-state index contributed by atoms with van der Waals surface area (Å²) in [5.74, 6) is 1.72. The SMILES string of the molecule is CCC1=C(C[C@@H]2CCCc3cc(OC)c(C)cc32)C[C@@H]2c3ccccc3CCN2C1. The van der Waals surface area contributed by atoms with Gasteiger partial charge >= 0.3 is 0 Å². The molecule has 0 saturated heterocycles. The second kappa shape index (κ2) is 8.23. The van der Waals surface area contributed by atoms with Gasteiger partial charge in [-0.15, -0.1) is 0 Å². The second-order valence-corrected chi connectivity index (χ2v) is 9.51. The van der Waals surface area contributed by atoms with Crippen LogP contribution in [0.4, 0.5) is 0 Å². The Balaban J connectivity index is 1.45. The highest BCUT2D eigenvalue weighted by Gasteiger charge is 2.34. The monoisotopic (exact) mass is 401 g/mol. The van der Waals surface area contributed by atoms with Crippen LogP contribution in [0.15, 0.2) is 47.5 Å². The summed E-state index contributed by atoms with van der Waals surface area (Å²) in [5, 5.41) is 0. The fraction of sp³-hybridized carbons (Fsp3) is 0.500. The standard InChI is InChI=1S/C28H35NO/c1-4-20-18-29-13-12-21-8-5-6-11-25(21)27(29)16-24(20)15-22-9-7-10-23-17-28(30-3)19(2)14-26(22)23/h5-6,8,11,14,17,22,27H,4,7,9-10,12-13,15-16,18H2,1-3H3/t22-,27+/m0/s1. The Bertz CT molecular complexity index is 973. The molecular formula is C28H35NO. The van der Waals surface area contributed by atoms with E-state index in [9.17, 15) is 0 Å². The number of benzene rings is 2. The quantitative estimate of drug-likeness (QED) is 0.541. The van der Waals surface area contributed by atoms with Gasteiger partial charge in [0, 0.05) is 19.1 Å². The van der Waals surface area contributed by atoms with Crippen LogP contribution in [-0.4, -0.2) is 25.1 Å². The zero-order valence-corrected chi connectivity index (χ0v) is 18.8. The van der Waals surface area contributed by atoms with Gasteiger partial charge in [-0.05, 0) is 91.7 Å². The van der Waals surface area contributed by atoms with Gasteiger partial charge in [-0.3, -0.25) is 4.90 Å². The normalized spacial score (nSPS) is 23.6. The van der Waals surface area contributed by atoms with Gasteiger partial charge in [0.1, 0.15) is 5.75 Å². The van der Waals surface area contributed by atoms with Crippen molar-refractivity contribution < 1.29 is 4.74 Å². The number of ether oxygens (including phenoxy) is 1. The largest absolute Gasteiger partial charge is 0.496 e. The van der Waals surface area contributed by atoms with Gasteiger partial charge in [-0.2, -0.15) is 0 Å². The van der Waals surface area contributed by atoms with Crippen LogP contribution in [0.3, 0.4) is 0 Å². The summed E-state index contributed by atoms with van der Waals surface area (Å²) in [6.07, 6.45) is 8.69. The van der Waals surface area contributed by atoms with Crippen LogP contribution in [-0.2, 0) is 12.8 Å². The molecule has 2 aliphatic heterocycles. The molecule has 0 N–H and O–H groups in total. The Labute approximate surface area is 181 Å². The Morgan fingerprint density at radius 1 is 1.03 bits per heavy atom. The van der Waals surface area contributed by atoms with Gasteiger partial charge in [-0.1, -0.05) is 48.4 Å². The van der Waals surface area contributed by atoms with E-state index in [2.05, 4.69) is 55.1 Å². The molecular weight excluding hydrogens is 366 g/mol. The van der Waals surface area contributed by atoms with Crippen LogP contribution in [0, 0.1) is 6.92 Å². The highest BCUT2D eigenvalue weighted by atomic mass is 16.5. The third-order valence-electron chi connectivity index (χ3n) is 7.87. The lowest BCUT2D eigenvalue weighted by Gasteiger charge is -2.43. The first-order valence-electron chi connectivity index (χ1n) is 11.9. The maximum atomic E-state index is 5.61. The van der Waals surface area contributed by atoms with E-state index in [1.54, 1.807) is 34.9 Å². The highest BCUT2D eigenvalue weighted by molar-refractivity contribution is 5.45. The molecule has 2 heterocycles. The van der Waals surface area contributed by atoms with Gasteiger partial charge in [0.25, 0.3) is 0 Å². The molecule has 2 atom stereocenters. The first-order chi connectivity index (χ1) is 14.7. The first-order valence-corrected chi connectivity index (χ1v) is 11.9. The van der Waals surface area contributed by atoms with Crippen LogP contribution >= 0.6 is 0 Å². The topological polar surface area (TPSA) is 12.5 Å². The van der Waals surface area contributed by atoms with E-state index in [1.165, 1.54) is 69.2 Å². The summed E-state index contributed by atoms with van der Waals surface area (Å²) >= 11 is 0. The predicted molar refractivity (Wildman–Crippen MR) is 124 cm³/mol. The second-order valence-electron chi connectivity index (χ2n) is 9.51. The number of methoxy groups -OCH3 is 1. The molecule has 2 heteroatoms. The van der Waals surface area contributed by atoms with Crippen molar-refractivity contribution in [2.45, 2.75) is 70.8 Å². The van der Waals surface area contributed by atoms with Gasteiger partial charge in [0.05, 0.1) is 7.11 Å². The predicted octanol–water partition coefficient (Wildman–Crippen LogP) is 6.52. The molecule has 158 valence electrons. The smallest absolute Gasteiger partial charge is 0.122 e. The van der Waals surface area contributed by atoms with Crippen LogP contribution in [0.5, 0.6) is 5.75 Å². The molecule has 0 saturated carbocycles. The summed E-state index contributed by atoms with van der Waals surface area (Å²) in [6.45, 7) is 6.94. The molecule has 0 unspecified atom stereocenters. The molecule has 5 rings (SSSR count). The summed E-state index contributed by atoms with van der Waals surface area (Å²) in [7, 11) is 1.79. The first kappa shape index (κ1) is 19.9. The van der Waals surface area contributed by atoms with Crippen molar-refractivity contribution in [2.75, 3.05) is 20.2 Å². The molecule has 2 aromatic rings. The van der Waals surface area contributed by atoms with Crippen molar-refractivity contribution in [2.24, 2.45) is 0 Å².